The van der Waals surface area contributed by atoms with Crippen LogP contribution in [0.5, 0.6) is 0 Å². The molecule has 1 N–H and O–H groups in total. The fourth-order valence-electron chi connectivity index (χ4n) is 2.93. The molecule has 1 saturated carbocycles. The van der Waals surface area contributed by atoms with Crippen molar-refractivity contribution >= 4 is 34.2 Å². The quantitative estimate of drug-likeness (QED) is 0.811. The first-order chi connectivity index (χ1) is 9.65. The van der Waals surface area contributed by atoms with Crippen LogP contribution in [-0.4, -0.2) is 40.0 Å². The van der Waals surface area contributed by atoms with Gasteiger partial charge in [-0.15, -0.1) is 0 Å². The van der Waals surface area contributed by atoms with Gasteiger partial charge in [0, 0.05) is 19.1 Å². The molecule has 114 valence electrons. The molecule has 0 aromatic rings. The zero-order chi connectivity index (χ0) is 14.4. The molecule has 1 amide bonds. The van der Waals surface area contributed by atoms with Crippen LogP contribution in [0.3, 0.4) is 0 Å². The number of hydrogen-bond donors (Lipinski definition) is 1. The number of nitrogens with zero attached hydrogens (tertiary/aromatic N) is 1. The van der Waals surface area contributed by atoms with Crippen LogP contribution in [0.4, 0.5) is 0 Å². The first-order valence-electron chi connectivity index (χ1n) is 7.86. The van der Waals surface area contributed by atoms with Crippen LogP contribution in [-0.2, 0) is 4.79 Å². The van der Waals surface area contributed by atoms with Gasteiger partial charge in [-0.2, -0.15) is 0 Å². The highest BCUT2D eigenvalue weighted by atomic mass is 32.2. The molecule has 5 heteroatoms. The van der Waals surface area contributed by atoms with Crippen molar-refractivity contribution in [2.24, 2.45) is 5.92 Å². The van der Waals surface area contributed by atoms with Gasteiger partial charge in [-0.25, -0.2) is 0 Å². The van der Waals surface area contributed by atoms with E-state index in [4.69, 9.17) is 12.2 Å². The molecule has 1 aliphatic heterocycles. The highest BCUT2D eigenvalue weighted by Crippen LogP contribution is 2.21. The van der Waals surface area contributed by atoms with Gasteiger partial charge in [-0.3, -0.25) is 4.79 Å². The summed E-state index contributed by atoms with van der Waals surface area (Å²) in [5, 5.41) is 3.15. The van der Waals surface area contributed by atoms with Crippen LogP contribution in [0.2, 0.25) is 0 Å². The summed E-state index contributed by atoms with van der Waals surface area (Å²) >= 11 is 6.97. The molecule has 0 aromatic heterocycles. The fraction of sp³-hybridized carbons (Fsp3) is 0.867. The maximum absolute atomic E-state index is 11.9. The first-order valence-corrected chi connectivity index (χ1v) is 9.25. The van der Waals surface area contributed by atoms with Crippen LogP contribution in [0.1, 0.15) is 51.9 Å². The number of carbonyl (C=O) groups excluding carboxylic acids is 1. The molecule has 2 aliphatic rings. The second-order valence-electron chi connectivity index (χ2n) is 6.13. The Kier molecular flexibility index (Phi) is 6.62. The van der Waals surface area contributed by atoms with Crippen LogP contribution < -0.4 is 5.32 Å². The highest BCUT2D eigenvalue weighted by Gasteiger charge is 2.20. The number of thioether (sulfide) groups is 1. The van der Waals surface area contributed by atoms with Crippen LogP contribution in [0.25, 0.3) is 0 Å². The molecule has 1 heterocycles. The van der Waals surface area contributed by atoms with E-state index in [2.05, 4.69) is 17.1 Å². The van der Waals surface area contributed by atoms with Crippen molar-refractivity contribution in [3.8, 4) is 0 Å². The van der Waals surface area contributed by atoms with Crippen LogP contribution in [0.15, 0.2) is 0 Å². The number of piperidine rings is 1. The van der Waals surface area contributed by atoms with E-state index in [1.165, 1.54) is 43.9 Å². The molecule has 2 fully saturated rings. The van der Waals surface area contributed by atoms with E-state index in [-0.39, 0.29) is 5.91 Å². The number of thiocarbonyl (C=S) groups is 1. The number of amides is 1. The van der Waals surface area contributed by atoms with E-state index >= 15 is 0 Å². The van der Waals surface area contributed by atoms with Gasteiger partial charge in [0.05, 0.1) is 5.75 Å². The second-order valence-corrected chi connectivity index (χ2v) is 7.74. The SMILES string of the molecule is CC1CCN(C(=S)SCC(=O)NC2CCCCC2)CC1. The third kappa shape index (κ3) is 5.24. The Morgan fingerprint density at radius 2 is 1.85 bits per heavy atom. The number of rotatable bonds is 3. The Morgan fingerprint density at radius 3 is 2.50 bits per heavy atom. The van der Waals surface area contributed by atoms with Crippen molar-refractivity contribution in [2.45, 2.75) is 57.9 Å². The second kappa shape index (κ2) is 8.23. The van der Waals surface area contributed by atoms with Gasteiger partial charge in [-0.05, 0) is 31.6 Å². The Labute approximate surface area is 132 Å². The average molecular weight is 315 g/mol. The van der Waals surface area contributed by atoms with Crippen LogP contribution in [0, 0.1) is 5.92 Å². The van der Waals surface area contributed by atoms with E-state index in [1.807, 2.05) is 0 Å². The van der Waals surface area contributed by atoms with Crippen molar-refractivity contribution < 1.29 is 4.79 Å². The first kappa shape index (κ1) is 16.1. The van der Waals surface area contributed by atoms with E-state index in [0.29, 0.717) is 11.8 Å². The molecule has 1 aliphatic carbocycles. The third-order valence-corrected chi connectivity index (χ3v) is 5.86. The third-order valence-electron chi connectivity index (χ3n) is 4.34. The largest absolute Gasteiger partial charge is 0.357 e. The molecule has 3 nitrogen and oxygen atoms in total. The van der Waals surface area contributed by atoms with Gasteiger partial charge < -0.3 is 10.2 Å². The van der Waals surface area contributed by atoms with Crippen LogP contribution >= 0.6 is 24.0 Å². The molecule has 0 bridgehead atoms. The molecule has 0 aromatic carbocycles. The molecular formula is C15H26N2OS2. The number of nitrogens with one attached hydrogen (secondary N) is 1. The predicted molar refractivity (Wildman–Crippen MR) is 90.0 cm³/mol. The van der Waals surface area contributed by atoms with Crippen molar-refractivity contribution in [1.29, 1.82) is 0 Å². The lowest BCUT2D eigenvalue weighted by Crippen LogP contribution is -2.39. The summed E-state index contributed by atoms with van der Waals surface area (Å²) in [5.41, 5.74) is 0. The van der Waals surface area contributed by atoms with Crippen molar-refractivity contribution in [3.63, 3.8) is 0 Å². The number of carbonyl (C=O) groups is 1. The fourth-order valence-corrected chi connectivity index (χ4v) is 3.99. The van der Waals surface area contributed by atoms with E-state index in [0.717, 1.165) is 36.2 Å². The summed E-state index contributed by atoms with van der Waals surface area (Å²) in [6, 6.07) is 0.404. The van der Waals surface area contributed by atoms with Gasteiger partial charge >= 0.3 is 0 Å². The van der Waals surface area contributed by atoms with Gasteiger partial charge in [0.1, 0.15) is 4.32 Å². The normalized spacial score (nSPS) is 21.8. The molecule has 0 atom stereocenters. The predicted octanol–water partition coefficient (Wildman–Crippen LogP) is 3.19. The minimum atomic E-state index is 0.148. The topological polar surface area (TPSA) is 32.3 Å². The lowest BCUT2D eigenvalue weighted by molar-refractivity contribution is -0.119. The lowest BCUT2D eigenvalue weighted by atomic mass is 9.95. The summed E-state index contributed by atoms with van der Waals surface area (Å²) in [6.07, 6.45) is 8.54. The van der Waals surface area contributed by atoms with Gasteiger partial charge in [0.25, 0.3) is 0 Å². The molecule has 0 unspecified atom stereocenters. The minimum absolute atomic E-state index is 0.148. The summed E-state index contributed by atoms with van der Waals surface area (Å²) in [4.78, 5) is 14.2. The summed E-state index contributed by atoms with van der Waals surface area (Å²) in [7, 11) is 0. The number of likely N-dealkylation sites (tertiary alicyclic amines) is 1. The Bertz CT molecular complexity index is 335. The zero-order valence-corrected chi connectivity index (χ0v) is 14.0. The monoisotopic (exact) mass is 314 g/mol. The van der Waals surface area contributed by atoms with Gasteiger partial charge in [-0.1, -0.05) is 50.2 Å². The molecule has 2 rings (SSSR count). The molecule has 0 spiro atoms. The Morgan fingerprint density at radius 1 is 1.20 bits per heavy atom. The summed E-state index contributed by atoms with van der Waals surface area (Å²) in [6.45, 7) is 4.40. The van der Waals surface area contributed by atoms with Gasteiger partial charge in [0.2, 0.25) is 5.91 Å². The molecule has 0 radical (unpaired) electrons. The molecular weight excluding hydrogens is 288 g/mol. The van der Waals surface area contributed by atoms with E-state index in [9.17, 15) is 4.79 Å². The van der Waals surface area contributed by atoms with E-state index in [1.54, 1.807) is 0 Å². The van der Waals surface area contributed by atoms with E-state index < -0.39 is 0 Å². The Hall–Kier alpha value is -0.290. The van der Waals surface area contributed by atoms with Gasteiger partial charge in [0.15, 0.2) is 0 Å². The summed E-state index contributed by atoms with van der Waals surface area (Å²) in [5.74, 6) is 1.43. The summed E-state index contributed by atoms with van der Waals surface area (Å²) < 4.78 is 0.899. The smallest absolute Gasteiger partial charge is 0.230 e. The lowest BCUT2D eigenvalue weighted by Gasteiger charge is -2.31. The zero-order valence-electron chi connectivity index (χ0n) is 12.4. The average Bonchev–Trinajstić information content (AvgIpc) is 2.46. The Balaban J connectivity index is 1.63. The minimum Gasteiger partial charge on any atom is -0.357 e. The maximum atomic E-state index is 11.9. The standard InChI is InChI=1S/C15H26N2OS2/c1-12-7-9-17(10-8-12)15(19)20-11-14(18)16-13-5-3-2-4-6-13/h12-13H,2-11H2,1H3,(H,16,18). The van der Waals surface area contributed by atoms with Crippen molar-refractivity contribution in [1.82, 2.24) is 10.2 Å². The number of hydrogen-bond acceptors (Lipinski definition) is 3. The molecule has 1 saturated heterocycles. The maximum Gasteiger partial charge on any atom is 0.230 e. The van der Waals surface area contributed by atoms with Crippen molar-refractivity contribution in [3.05, 3.63) is 0 Å². The van der Waals surface area contributed by atoms with Crippen molar-refractivity contribution in [2.75, 3.05) is 18.8 Å². The molecule has 20 heavy (non-hydrogen) atoms. The highest BCUT2D eigenvalue weighted by molar-refractivity contribution is 8.23.